The molecule has 1 aliphatic heterocycles. The molecule has 1 aromatic heterocycles. The van der Waals surface area contributed by atoms with Gasteiger partial charge in [0.1, 0.15) is 11.6 Å². The van der Waals surface area contributed by atoms with Gasteiger partial charge >= 0.3 is 0 Å². The predicted octanol–water partition coefficient (Wildman–Crippen LogP) is 3.94. The zero-order chi connectivity index (χ0) is 20.1. The third-order valence-electron chi connectivity index (χ3n) is 4.72. The SMILES string of the molecule is O=C(CN1C(=O)c2cccnc2Sc2ccccc21)NCCCc1ccccc1. The Labute approximate surface area is 174 Å². The summed E-state index contributed by atoms with van der Waals surface area (Å²) in [5.41, 5.74) is 2.50. The van der Waals surface area contributed by atoms with E-state index in [1.165, 1.54) is 17.3 Å². The van der Waals surface area contributed by atoms with Gasteiger partial charge in [0.2, 0.25) is 5.91 Å². The third-order valence-corrected chi connectivity index (χ3v) is 5.80. The van der Waals surface area contributed by atoms with Gasteiger partial charge in [-0.05, 0) is 42.7 Å². The molecule has 0 unspecified atom stereocenters. The van der Waals surface area contributed by atoms with Crippen LogP contribution in [0.5, 0.6) is 0 Å². The number of benzene rings is 2. The van der Waals surface area contributed by atoms with Gasteiger partial charge in [0, 0.05) is 17.6 Å². The summed E-state index contributed by atoms with van der Waals surface area (Å²) in [7, 11) is 0. The van der Waals surface area contributed by atoms with Crippen LogP contribution in [0.2, 0.25) is 0 Å². The molecule has 146 valence electrons. The van der Waals surface area contributed by atoms with Crippen molar-refractivity contribution in [3.05, 3.63) is 84.1 Å². The molecular weight excluding hydrogens is 382 g/mol. The number of hydrogen-bond acceptors (Lipinski definition) is 4. The molecule has 0 bridgehead atoms. The van der Waals surface area contributed by atoms with Crippen molar-refractivity contribution in [1.82, 2.24) is 10.3 Å². The first kappa shape index (κ1) is 19.2. The molecule has 2 amide bonds. The van der Waals surface area contributed by atoms with Gasteiger partial charge in [-0.2, -0.15) is 0 Å². The van der Waals surface area contributed by atoms with Gasteiger partial charge in [-0.15, -0.1) is 0 Å². The number of para-hydroxylation sites is 1. The lowest BCUT2D eigenvalue weighted by Gasteiger charge is -2.22. The fraction of sp³-hybridized carbons (Fsp3) is 0.174. The van der Waals surface area contributed by atoms with Crippen LogP contribution in [-0.4, -0.2) is 29.9 Å². The predicted molar refractivity (Wildman–Crippen MR) is 114 cm³/mol. The first-order chi connectivity index (χ1) is 14.2. The number of nitrogens with zero attached hydrogens (tertiary/aromatic N) is 2. The van der Waals surface area contributed by atoms with Gasteiger partial charge < -0.3 is 5.32 Å². The van der Waals surface area contributed by atoms with E-state index in [-0.39, 0.29) is 18.4 Å². The van der Waals surface area contributed by atoms with Gasteiger partial charge in [-0.25, -0.2) is 4.98 Å². The van der Waals surface area contributed by atoms with Crippen LogP contribution in [0.25, 0.3) is 0 Å². The Morgan fingerprint density at radius 3 is 2.66 bits per heavy atom. The molecule has 3 aromatic rings. The van der Waals surface area contributed by atoms with Gasteiger partial charge in [0.05, 0.1) is 11.3 Å². The standard InChI is InChI=1S/C23H21N3O2S/c27-21(24-14-6-10-17-8-2-1-3-9-17)16-26-19-12-4-5-13-20(19)29-22-18(23(26)28)11-7-15-25-22/h1-5,7-9,11-13,15H,6,10,14,16H2,(H,24,27). The molecule has 1 N–H and O–H groups in total. The Bertz CT molecular complexity index is 1020. The second kappa shape index (κ2) is 8.92. The van der Waals surface area contributed by atoms with Crippen LogP contribution < -0.4 is 10.2 Å². The van der Waals surface area contributed by atoms with Crippen molar-refractivity contribution in [2.24, 2.45) is 0 Å². The lowest BCUT2D eigenvalue weighted by Crippen LogP contribution is -2.41. The molecule has 0 saturated carbocycles. The summed E-state index contributed by atoms with van der Waals surface area (Å²) in [6, 6.07) is 21.3. The summed E-state index contributed by atoms with van der Waals surface area (Å²) in [5.74, 6) is -0.372. The normalized spacial score (nSPS) is 12.7. The summed E-state index contributed by atoms with van der Waals surface area (Å²) in [5, 5.41) is 3.60. The molecule has 2 aromatic carbocycles. The maximum atomic E-state index is 13.1. The van der Waals surface area contributed by atoms with E-state index >= 15 is 0 Å². The van der Waals surface area contributed by atoms with Crippen LogP contribution in [-0.2, 0) is 11.2 Å². The Hall–Kier alpha value is -3.12. The van der Waals surface area contributed by atoms with E-state index < -0.39 is 0 Å². The molecule has 0 saturated heterocycles. The van der Waals surface area contributed by atoms with Gasteiger partial charge in [-0.1, -0.05) is 54.2 Å². The Kier molecular flexibility index (Phi) is 5.91. The number of aromatic nitrogens is 1. The zero-order valence-corrected chi connectivity index (χ0v) is 16.7. The molecular formula is C23H21N3O2S. The number of carbonyl (C=O) groups is 2. The number of hydrogen-bond donors (Lipinski definition) is 1. The van der Waals surface area contributed by atoms with Gasteiger partial charge in [0.15, 0.2) is 0 Å². The van der Waals surface area contributed by atoms with E-state index in [0.29, 0.717) is 17.1 Å². The van der Waals surface area contributed by atoms with Crippen molar-refractivity contribution in [1.29, 1.82) is 0 Å². The molecule has 0 aliphatic carbocycles. The summed E-state index contributed by atoms with van der Waals surface area (Å²) in [4.78, 5) is 32.5. The first-order valence-corrected chi connectivity index (χ1v) is 10.4. The molecule has 0 radical (unpaired) electrons. The van der Waals surface area contributed by atoms with Crippen LogP contribution in [0.4, 0.5) is 5.69 Å². The minimum atomic E-state index is -0.204. The summed E-state index contributed by atoms with van der Waals surface area (Å²) in [6.45, 7) is 0.556. The van der Waals surface area contributed by atoms with Crippen molar-refractivity contribution in [2.75, 3.05) is 18.0 Å². The molecule has 0 fully saturated rings. The Morgan fingerprint density at radius 2 is 1.79 bits per heavy atom. The van der Waals surface area contributed by atoms with Crippen LogP contribution in [0, 0.1) is 0 Å². The van der Waals surface area contributed by atoms with E-state index in [1.54, 1.807) is 23.2 Å². The number of carbonyl (C=O) groups excluding carboxylic acids is 2. The highest BCUT2D eigenvalue weighted by atomic mass is 32.2. The number of anilines is 1. The molecule has 0 atom stereocenters. The molecule has 29 heavy (non-hydrogen) atoms. The fourth-order valence-corrected chi connectivity index (χ4v) is 4.30. The summed E-state index contributed by atoms with van der Waals surface area (Å²) < 4.78 is 0. The molecule has 1 aliphatic rings. The number of aryl methyl sites for hydroxylation is 1. The number of fused-ring (bicyclic) bond motifs is 2. The molecule has 2 heterocycles. The summed E-state index contributed by atoms with van der Waals surface area (Å²) in [6.07, 6.45) is 3.43. The van der Waals surface area contributed by atoms with Gasteiger partial charge in [0.25, 0.3) is 5.91 Å². The van der Waals surface area contributed by atoms with Crippen molar-refractivity contribution in [3.63, 3.8) is 0 Å². The second-order valence-electron chi connectivity index (χ2n) is 6.76. The first-order valence-electron chi connectivity index (χ1n) is 9.57. The minimum Gasteiger partial charge on any atom is -0.355 e. The second-order valence-corrected chi connectivity index (χ2v) is 7.79. The minimum absolute atomic E-state index is 0.0178. The van der Waals surface area contributed by atoms with Crippen molar-refractivity contribution < 1.29 is 9.59 Å². The molecule has 5 nitrogen and oxygen atoms in total. The number of rotatable bonds is 6. The van der Waals surface area contributed by atoms with Crippen LogP contribution in [0.1, 0.15) is 22.3 Å². The smallest absolute Gasteiger partial charge is 0.261 e. The highest BCUT2D eigenvalue weighted by Gasteiger charge is 2.29. The number of amides is 2. The molecule has 0 spiro atoms. The van der Waals surface area contributed by atoms with Crippen molar-refractivity contribution in [3.8, 4) is 0 Å². The van der Waals surface area contributed by atoms with Crippen LogP contribution in [0.3, 0.4) is 0 Å². The zero-order valence-electron chi connectivity index (χ0n) is 15.9. The maximum Gasteiger partial charge on any atom is 0.261 e. The number of nitrogens with one attached hydrogen (secondary N) is 1. The van der Waals surface area contributed by atoms with E-state index in [4.69, 9.17) is 0 Å². The van der Waals surface area contributed by atoms with Crippen LogP contribution >= 0.6 is 11.8 Å². The van der Waals surface area contributed by atoms with Crippen molar-refractivity contribution in [2.45, 2.75) is 22.8 Å². The van der Waals surface area contributed by atoms with Crippen LogP contribution in [0.15, 0.2) is 82.8 Å². The summed E-state index contributed by atoms with van der Waals surface area (Å²) >= 11 is 1.45. The highest BCUT2D eigenvalue weighted by Crippen LogP contribution is 2.39. The van der Waals surface area contributed by atoms with Crippen molar-refractivity contribution >= 4 is 29.3 Å². The lowest BCUT2D eigenvalue weighted by atomic mass is 10.1. The third kappa shape index (κ3) is 4.49. The fourth-order valence-electron chi connectivity index (χ4n) is 3.28. The Morgan fingerprint density at radius 1 is 1.00 bits per heavy atom. The number of pyridine rings is 1. The Balaban J connectivity index is 1.44. The highest BCUT2D eigenvalue weighted by molar-refractivity contribution is 7.99. The monoisotopic (exact) mass is 403 g/mol. The van der Waals surface area contributed by atoms with Gasteiger partial charge in [-0.3, -0.25) is 14.5 Å². The van der Waals surface area contributed by atoms with E-state index in [1.807, 2.05) is 42.5 Å². The largest absolute Gasteiger partial charge is 0.355 e. The molecule has 6 heteroatoms. The van der Waals surface area contributed by atoms with E-state index in [0.717, 1.165) is 23.4 Å². The topological polar surface area (TPSA) is 62.3 Å². The maximum absolute atomic E-state index is 13.1. The quantitative estimate of drug-likeness (QED) is 0.633. The average Bonchev–Trinajstić information content (AvgIpc) is 2.87. The van der Waals surface area contributed by atoms with E-state index in [9.17, 15) is 9.59 Å². The lowest BCUT2D eigenvalue weighted by molar-refractivity contribution is -0.119. The van der Waals surface area contributed by atoms with E-state index in [2.05, 4.69) is 22.4 Å². The molecule has 4 rings (SSSR count). The average molecular weight is 404 g/mol.